The van der Waals surface area contributed by atoms with Gasteiger partial charge in [-0.25, -0.2) is 0 Å². The molecule has 2 aromatic carbocycles. The molecule has 0 spiro atoms. The van der Waals surface area contributed by atoms with Crippen LogP contribution in [-0.2, 0) is 6.54 Å². The summed E-state index contributed by atoms with van der Waals surface area (Å²) in [5.41, 5.74) is 4.35. The Morgan fingerprint density at radius 1 is 1.12 bits per heavy atom. The molecule has 1 fully saturated rings. The van der Waals surface area contributed by atoms with E-state index in [0.717, 1.165) is 43.7 Å². The molecular formula is C21H27N3O. The number of likely N-dealkylation sites (tertiary alicyclic amines) is 1. The molecule has 25 heavy (non-hydrogen) atoms. The first-order valence-electron chi connectivity index (χ1n) is 9.01. The minimum absolute atomic E-state index is 0.0381. The highest BCUT2D eigenvalue weighted by Gasteiger charge is 2.19. The summed E-state index contributed by atoms with van der Waals surface area (Å²) >= 11 is 0. The Morgan fingerprint density at radius 3 is 2.48 bits per heavy atom. The molecular weight excluding hydrogens is 310 g/mol. The van der Waals surface area contributed by atoms with Crippen LogP contribution >= 0.6 is 0 Å². The largest absolute Gasteiger partial charge is 0.382 e. The highest BCUT2D eigenvalue weighted by molar-refractivity contribution is 5.94. The molecule has 1 aliphatic rings. The van der Waals surface area contributed by atoms with Crippen molar-refractivity contribution >= 4 is 11.6 Å². The van der Waals surface area contributed by atoms with Crippen LogP contribution in [0.25, 0.3) is 0 Å². The van der Waals surface area contributed by atoms with Crippen molar-refractivity contribution in [1.29, 1.82) is 0 Å². The highest BCUT2D eigenvalue weighted by Crippen LogP contribution is 2.22. The maximum Gasteiger partial charge on any atom is 0.251 e. The number of amides is 1. The molecule has 3 rings (SSSR count). The van der Waals surface area contributed by atoms with Gasteiger partial charge in [-0.2, -0.15) is 0 Å². The first kappa shape index (κ1) is 17.5. The van der Waals surface area contributed by atoms with Crippen molar-refractivity contribution in [1.82, 2.24) is 10.2 Å². The van der Waals surface area contributed by atoms with E-state index in [-0.39, 0.29) is 5.91 Å². The lowest BCUT2D eigenvalue weighted by Crippen LogP contribution is -2.38. The van der Waals surface area contributed by atoms with Crippen molar-refractivity contribution in [2.24, 2.45) is 0 Å². The maximum absolute atomic E-state index is 11.7. The first-order valence-corrected chi connectivity index (χ1v) is 9.01. The zero-order valence-electron chi connectivity index (χ0n) is 15.1. The number of rotatable bonds is 5. The zero-order chi connectivity index (χ0) is 17.6. The zero-order valence-corrected chi connectivity index (χ0v) is 15.1. The predicted molar refractivity (Wildman–Crippen MR) is 103 cm³/mol. The summed E-state index contributed by atoms with van der Waals surface area (Å²) in [6, 6.07) is 17.0. The van der Waals surface area contributed by atoms with Crippen LogP contribution in [0.3, 0.4) is 0 Å². The summed E-state index contributed by atoms with van der Waals surface area (Å²) in [4.78, 5) is 14.2. The van der Waals surface area contributed by atoms with Gasteiger partial charge in [0.1, 0.15) is 0 Å². The van der Waals surface area contributed by atoms with Crippen molar-refractivity contribution in [3.8, 4) is 0 Å². The lowest BCUT2D eigenvalue weighted by Gasteiger charge is -2.33. The summed E-state index contributed by atoms with van der Waals surface area (Å²) in [6.45, 7) is 5.32. The number of hydrogen-bond acceptors (Lipinski definition) is 3. The average molecular weight is 337 g/mol. The van der Waals surface area contributed by atoms with Gasteiger partial charge in [0.05, 0.1) is 0 Å². The molecule has 1 heterocycles. The normalized spacial score (nSPS) is 15.8. The van der Waals surface area contributed by atoms with E-state index in [9.17, 15) is 4.79 Å². The van der Waals surface area contributed by atoms with E-state index < -0.39 is 0 Å². The number of carbonyl (C=O) groups excluding carboxylic acids is 1. The number of nitrogens with one attached hydrogen (secondary N) is 2. The second kappa shape index (κ2) is 8.17. The smallest absolute Gasteiger partial charge is 0.251 e. The Labute approximate surface area is 150 Å². The van der Waals surface area contributed by atoms with Gasteiger partial charge in [-0.15, -0.1) is 0 Å². The number of piperidine rings is 1. The number of carbonyl (C=O) groups is 1. The molecule has 132 valence electrons. The topological polar surface area (TPSA) is 44.4 Å². The van der Waals surface area contributed by atoms with Crippen LogP contribution < -0.4 is 10.6 Å². The van der Waals surface area contributed by atoms with Crippen LogP contribution in [0, 0.1) is 6.92 Å². The third kappa shape index (κ3) is 4.60. The van der Waals surface area contributed by atoms with Crippen LogP contribution in [0.15, 0.2) is 48.5 Å². The lowest BCUT2D eigenvalue weighted by molar-refractivity contribution is 0.0963. The fourth-order valence-electron chi connectivity index (χ4n) is 3.41. The molecule has 0 aromatic heterocycles. The molecule has 0 unspecified atom stereocenters. The van der Waals surface area contributed by atoms with Gasteiger partial charge >= 0.3 is 0 Å². The fraction of sp³-hybridized carbons (Fsp3) is 0.381. The Bertz CT molecular complexity index is 706. The molecule has 2 N–H and O–H groups in total. The summed E-state index contributed by atoms with van der Waals surface area (Å²) in [5.74, 6) is -0.0381. The van der Waals surface area contributed by atoms with Gasteiger partial charge in [0.25, 0.3) is 5.91 Å². The van der Waals surface area contributed by atoms with Crippen LogP contribution in [0.4, 0.5) is 5.69 Å². The lowest BCUT2D eigenvalue weighted by atomic mass is 10.0. The average Bonchev–Trinajstić information content (AvgIpc) is 2.65. The Kier molecular flexibility index (Phi) is 5.71. The molecule has 0 atom stereocenters. The molecule has 0 radical (unpaired) electrons. The van der Waals surface area contributed by atoms with Gasteiger partial charge in [0, 0.05) is 44.0 Å². The number of anilines is 1. The van der Waals surface area contributed by atoms with E-state index in [1.165, 1.54) is 5.56 Å². The standard InChI is InChI=1S/C21H27N3O/c1-16-14-18(21(25)22-2)8-9-20(16)23-19-10-12-24(13-11-19)15-17-6-4-3-5-7-17/h3-9,14,19,23H,10-13,15H2,1-2H3,(H,22,25). The van der Waals surface area contributed by atoms with E-state index in [2.05, 4.69) is 52.8 Å². The molecule has 1 saturated heterocycles. The summed E-state index contributed by atoms with van der Waals surface area (Å²) in [7, 11) is 1.66. The Balaban J connectivity index is 1.53. The van der Waals surface area contributed by atoms with Crippen LogP contribution in [0.5, 0.6) is 0 Å². The molecule has 4 heteroatoms. The van der Waals surface area contributed by atoms with Crippen LogP contribution in [0.2, 0.25) is 0 Å². The van der Waals surface area contributed by atoms with E-state index in [0.29, 0.717) is 11.6 Å². The maximum atomic E-state index is 11.7. The molecule has 0 bridgehead atoms. The van der Waals surface area contributed by atoms with Crippen molar-refractivity contribution < 1.29 is 4.79 Å². The second-order valence-electron chi connectivity index (χ2n) is 6.79. The fourth-order valence-corrected chi connectivity index (χ4v) is 3.41. The number of benzene rings is 2. The summed E-state index contributed by atoms with van der Waals surface area (Å²) in [5, 5.41) is 6.33. The van der Waals surface area contributed by atoms with Crippen molar-refractivity contribution in [3.05, 3.63) is 65.2 Å². The molecule has 0 saturated carbocycles. The number of hydrogen-bond donors (Lipinski definition) is 2. The monoisotopic (exact) mass is 337 g/mol. The number of nitrogens with zero attached hydrogens (tertiary/aromatic N) is 1. The first-order chi connectivity index (χ1) is 12.2. The van der Waals surface area contributed by atoms with Gasteiger partial charge in [0.2, 0.25) is 0 Å². The summed E-state index contributed by atoms with van der Waals surface area (Å²) < 4.78 is 0. The minimum atomic E-state index is -0.0381. The minimum Gasteiger partial charge on any atom is -0.382 e. The highest BCUT2D eigenvalue weighted by atomic mass is 16.1. The summed E-state index contributed by atoms with van der Waals surface area (Å²) in [6.07, 6.45) is 2.28. The third-order valence-electron chi connectivity index (χ3n) is 4.91. The second-order valence-corrected chi connectivity index (χ2v) is 6.79. The molecule has 4 nitrogen and oxygen atoms in total. The van der Waals surface area contributed by atoms with Gasteiger partial charge < -0.3 is 10.6 Å². The third-order valence-corrected chi connectivity index (χ3v) is 4.91. The van der Waals surface area contributed by atoms with Gasteiger partial charge in [-0.1, -0.05) is 30.3 Å². The quantitative estimate of drug-likeness (QED) is 0.878. The van der Waals surface area contributed by atoms with Gasteiger partial charge in [0.15, 0.2) is 0 Å². The Hall–Kier alpha value is -2.33. The van der Waals surface area contributed by atoms with Crippen LogP contribution in [0.1, 0.15) is 34.3 Å². The molecule has 1 aliphatic heterocycles. The van der Waals surface area contributed by atoms with E-state index in [1.54, 1.807) is 7.05 Å². The molecule has 2 aromatic rings. The van der Waals surface area contributed by atoms with Gasteiger partial charge in [-0.05, 0) is 49.1 Å². The predicted octanol–water partition coefficient (Wildman–Crippen LogP) is 3.43. The Morgan fingerprint density at radius 2 is 1.84 bits per heavy atom. The van der Waals surface area contributed by atoms with Crippen molar-refractivity contribution in [2.45, 2.75) is 32.4 Å². The van der Waals surface area contributed by atoms with E-state index in [1.807, 2.05) is 18.2 Å². The van der Waals surface area contributed by atoms with Crippen LogP contribution in [-0.4, -0.2) is 37.0 Å². The van der Waals surface area contributed by atoms with Gasteiger partial charge in [-0.3, -0.25) is 9.69 Å². The van der Waals surface area contributed by atoms with Crippen molar-refractivity contribution in [2.75, 3.05) is 25.5 Å². The van der Waals surface area contributed by atoms with E-state index in [4.69, 9.17) is 0 Å². The molecule has 1 amide bonds. The SMILES string of the molecule is CNC(=O)c1ccc(NC2CCN(Cc3ccccc3)CC2)c(C)c1. The molecule has 0 aliphatic carbocycles. The van der Waals surface area contributed by atoms with E-state index >= 15 is 0 Å². The van der Waals surface area contributed by atoms with Crippen molar-refractivity contribution in [3.63, 3.8) is 0 Å². The number of aryl methyl sites for hydroxylation is 1.